The van der Waals surface area contributed by atoms with Gasteiger partial charge in [0.1, 0.15) is 11.6 Å². The molecule has 1 N–H and O–H groups in total. The molecule has 3 aromatic rings. The maximum Gasteiger partial charge on any atom is 0.291 e. The van der Waals surface area contributed by atoms with Crippen LogP contribution in [0.25, 0.3) is 21.8 Å². The van der Waals surface area contributed by atoms with Crippen LogP contribution in [0.2, 0.25) is 0 Å². The molecule has 7 nitrogen and oxygen atoms in total. The number of benzene rings is 1. The normalized spacial score (nSPS) is 17.1. The summed E-state index contributed by atoms with van der Waals surface area (Å²) in [6.45, 7) is 7.03. The first-order valence-corrected chi connectivity index (χ1v) is 10.5. The molecule has 0 aliphatic carbocycles. The second kappa shape index (κ2) is 7.99. The third-order valence-electron chi connectivity index (χ3n) is 6.20. The van der Waals surface area contributed by atoms with E-state index in [1.165, 1.54) is 17.5 Å². The number of hydrogen-bond donors (Lipinski definition) is 1. The van der Waals surface area contributed by atoms with Gasteiger partial charge in [0, 0.05) is 30.4 Å². The Labute approximate surface area is 170 Å². The highest BCUT2D eigenvalue weighted by atomic mass is 16.2. The average molecular weight is 396 g/mol. The van der Waals surface area contributed by atoms with Crippen molar-refractivity contribution >= 4 is 27.7 Å². The molecule has 1 aromatic carbocycles. The van der Waals surface area contributed by atoms with Gasteiger partial charge in [-0.1, -0.05) is 18.2 Å². The molecule has 3 heterocycles. The summed E-state index contributed by atoms with van der Waals surface area (Å²) in [7, 11) is 1.63. The lowest BCUT2D eigenvalue weighted by atomic mass is 10.2. The van der Waals surface area contributed by atoms with Gasteiger partial charge in [-0.15, -0.1) is 0 Å². The van der Waals surface area contributed by atoms with Crippen LogP contribution in [-0.4, -0.2) is 50.8 Å². The third kappa shape index (κ3) is 3.55. The Morgan fingerprint density at radius 2 is 1.90 bits per heavy atom. The van der Waals surface area contributed by atoms with Crippen molar-refractivity contribution in [2.75, 3.05) is 19.6 Å². The van der Waals surface area contributed by atoms with Crippen molar-refractivity contribution < 1.29 is 4.79 Å². The molecule has 2 aromatic heterocycles. The number of para-hydroxylation sites is 1. The highest BCUT2D eigenvalue weighted by molar-refractivity contribution is 6.08. The molecule has 0 bridgehead atoms. The fraction of sp³-hybridized carbons (Fsp3) is 0.500. The number of aromatic nitrogens is 3. The maximum atomic E-state index is 13.0. The van der Waals surface area contributed by atoms with E-state index in [2.05, 4.69) is 22.2 Å². The second-order valence-electron chi connectivity index (χ2n) is 8.07. The molecule has 0 radical (unpaired) electrons. The van der Waals surface area contributed by atoms with Crippen LogP contribution in [0.3, 0.4) is 0 Å². The first kappa shape index (κ1) is 19.6. The average Bonchev–Trinajstić information content (AvgIpc) is 3.37. The number of carbonyl (C=O) groups excluding carboxylic acids is 1. The quantitative estimate of drug-likeness (QED) is 0.696. The monoisotopic (exact) mass is 395 g/mol. The van der Waals surface area contributed by atoms with Crippen molar-refractivity contribution in [1.82, 2.24) is 24.6 Å². The number of rotatable bonds is 6. The summed E-state index contributed by atoms with van der Waals surface area (Å²) in [6, 6.07) is 7.77. The summed E-state index contributed by atoms with van der Waals surface area (Å²) in [5, 5.41) is 8.97. The first-order valence-electron chi connectivity index (χ1n) is 10.5. The van der Waals surface area contributed by atoms with Gasteiger partial charge in [0.15, 0.2) is 0 Å². The summed E-state index contributed by atoms with van der Waals surface area (Å²) in [6.07, 6.45) is 5.17. The highest BCUT2D eigenvalue weighted by Crippen LogP contribution is 2.29. The van der Waals surface area contributed by atoms with Crippen molar-refractivity contribution in [3.8, 4) is 0 Å². The molecule has 1 fully saturated rings. The van der Waals surface area contributed by atoms with E-state index in [4.69, 9.17) is 0 Å². The zero-order chi connectivity index (χ0) is 20.5. The van der Waals surface area contributed by atoms with Gasteiger partial charge in [0.05, 0.1) is 11.7 Å². The van der Waals surface area contributed by atoms with Crippen molar-refractivity contribution in [1.29, 1.82) is 0 Å². The Morgan fingerprint density at radius 3 is 2.66 bits per heavy atom. The van der Waals surface area contributed by atoms with E-state index >= 15 is 0 Å². The molecule has 4 rings (SSSR count). The highest BCUT2D eigenvalue weighted by Gasteiger charge is 2.23. The third-order valence-corrected chi connectivity index (χ3v) is 6.20. The summed E-state index contributed by atoms with van der Waals surface area (Å²) in [5.41, 5.74) is 1.21. The summed E-state index contributed by atoms with van der Waals surface area (Å²) >= 11 is 0. The number of amides is 1. The number of hydrogen-bond acceptors (Lipinski definition) is 4. The molecular weight excluding hydrogens is 366 g/mol. The SMILES string of the molecule is C[C@@H](CCNC(=O)[C@H](C)n1c2ccccc2c2cnn(C)c(=O)c21)N1CCCC1. The van der Waals surface area contributed by atoms with Crippen LogP contribution < -0.4 is 10.9 Å². The zero-order valence-corrected chi connectivity index (χ0v) is 17.4. The minimum atomic E-state index is -0.491. The molecule has 1 saturated heterocycles. The van der Waals surface area contributed by atoms with Gasteiger partial charge >= 0.3 is 0 Å². The number of carbonyl (C=O) groups is 1. The molecule has 1 aliphatic rings. The number of fused-ring (bicyclic) bond motifs is 3. The summed E-state index contributed by atoms with van der Waals surface area (Å²) in [4.78, 5) is 28.3. The van der Waals surface area contributed by atoms with Gasteiger partial charge in [-0.05, 0) is 52.3 Å². The van der Waals surface area contributed by atoms with Crippen LogP contribution in [-0.2, 0) is 11.8 Å². The Kier molecular flexibility index (Phi) is 5.41. The summed E-state index contributed by atoms with van der Waals surface area (Å²) in [5.74, 6) is -0.0693. The number of nitrogens with zero attached hydrogens (tertiary/aromatic N) is 4. The van der Waals surface area contributed by atoms with Gasteiger partial charge in [0.25, 0.3) is 5.56 Å². The molecule has 0 saturated carbocycles. The molecule has 29 heavy (non-hydrogen) atoms. The van der Waals surface area contributed by atoms with E-state index in [0.29, 0.717) is 18.1 Å². The fourth-order valence-electron chi connectivity index (χ4n) is 4.42. The molecule has 2 atom stereocenters. The molecule has 0 spiro atoms. The first-order chi connectivity index (χ1) is 14.0. The fourth-order valence-corrected chi connectivity index (χ4v) is 4.42. The van der Waals surface area contributed by atoms with Crippen molar-refractivity contribution in [2.45, 2.75) is 45.2 Å². The Balaban J connectivity index is 1.58. The smallest absolute Gasteiger partial charge is 0.291 e. The van der Waals surface area contributed by atoms with Gasteiger partial charge in [-0.2, -0.15) is 5.10 Å². The predicted octanol–water partition coefficient (Wildman–Crippen LogP) is 2.44. The lowest BCUT2D eigenvalue weighted by Crippen LogP contribution is -2.37. The van der Waals surface area contributed by atoms with Crippen LogP contribution in [0.4, 0.5) is 0 Å². The van der Waals surface area contributed by atoms with E-state index in [-0.39, 0.29) is 11.5 Å². The predicted molar refractivity (Wildman–Crippen MR) is 115 cm³/mol. The van der Waals surface area contributed by atoms with Gasteiger partial charge < -0.3 is 14.8 Å². The maximum absolute atomic E-state index is 13.0. The Hall–Kier alpha value is -2.67. The summed E-state index contributed by atoms with van der Waals surface area (Å²) < 4.78 is 3.17. The van der Waals surface area contributed by atoms with Crippen LogP contribution >= 0.6 is 0 Å². The molecule has 154 valence electrons. The van der Waals surface area contributed by atoms with Crippen LogP contribution in [0.1, 0.15) is 39.2 Å². The lowest BCUT2D eigenvalue weighted by Gasteiger charge is -2.24. The second-order valence-corrected chi connectivity index (χ2v) is 8.07. The standard InChI is InChI=1S/C22H29N5O2/c1-15(26-12-6-7-13-26)10-11-23-21(28)16(2)27-19-9-5-4-8-17(19)18-14-24-25(3)22(29)20(18)27/h4-5,8-9,14-16H,6-7,10-13H2,1-3H3,(H,23,28)/t15-,16-/m0/s1. The van der Waals surface area contributed by atoms with Crippen LogP contribution in [0.5, 0.6) is 0 Å². The molecule has 1 amide bonds. The number of nitrogens with one attached hydrogen (secondary N) is 1. The molecule has 1 aliphatic heterocycles. The Bertz CT molecular complexity index is 1090. The number of likely N-dealkylation sites (tertiary alicyclic amines) is 1. The largest absolute Gasteiger partial charge is 0.354 e. The molecule has 0 unspecified atom stereocenters. The van der Waals surface area contributed by atoms with Gasteiger partial charge in [-0.3, -0.25) is 9.59 Å². The van der Waals surface area contributed by atoms with E-state index in [9.17, 15) is 9.59 Å². The minimum absolute atomic E-state index is 0.0693. The van der Waals surface area contributed by atoms with E-state index in [1.807, 2.05) is 35.8 Å². The van der Waals surface area contributed by atoms with E-state index in [1.54, 1.807) is 13.2 Å². The van der Waals surface area contributed by atoms with Crippen LogP contribution in [0.15, 0.2) is 35.3 Å². The van der Waals surface area contributed by atoms with Gasteiger partial charge in [-0.25, -0.2) is 4.68 Å². The molecule has 7 heteroatoms. The van der Waals surface area contributed by atoms with E-state index in [0.717, 1.165) is 35.8 Å². The van der Waals surface area contributed by atoms with Crippen LogP contribution in [0, 0.1) is 0 Å². The minimum Gasteiger partial charge on any atom is -0.354 e. The van der Waals surface area contributed by atoms with Crippen molar-refractivity contribution in [3.05, 3.63) is 40.8 Å². The topological polar surface area (TPSA) is 72.2 Å². The lowest BCUT2D eigenvalue weighted by molar-refractivity contribution is -0.123. The van der Waals surface area contributed by atoms with E-state index < -0.39 is 6.04 Å². The van der Waals surface area contributed by atoms with Gasteiger partial charge in [0.2, 0.25) is 5.91 Å². The Morgan fingerprint density at radius 1 is 1.17 bits per heavy atom. The van der Waals surface area contributed by atoms with Crippen molar-refractivity contribution in [2.24, 2.45) is 7.05 Å². The molecular formula is C22H29N5O2. The zero-order valence-electron chi connectivity index (χ0n) is 17.4. The van der Waals surface area contributed by atoms with Crippen molar-refractivity contribution in [3.63, 3.8) is 0 Å². The number of aryl methyl sites for hydroxylation is 1.